The maximum Gasteiger partial charge on any atom is 0.333 e. The van der Waals surface area contributed by atoms with Gasteiger partial charge in [0.1, 0.15) is 0 Å². The Morgan fingerprint density at radius 1 is 1.60 bits per heavy atom. The van der Waals surface area contributed by atoms with E-state index in [-0.39, 0.29) is 24.5 Å². The van der Waals surface area contributed by atoms with Gasteiger partial charge in [0.05, 0.1) is 25.0 Å². The highest BCUT2D eigenvalue weighted by Crippen LogP contribution is 2.30. The summed E-state index contributed by atoms with van der Waals surface area (Å²) in [6.45, 7) is 3.57. The van der Waals surface area contributed by atoms with Gasteiger partial charge < -0.3 is 4.74 Å². The summed E-state index contributed by atoms with van der Waals surface area (Å²) >= 11 is 0. The molecule has 0 fully saturated rings. The topological polar surface area (TPSA) is 118 Å². The van der Waals surface area contributed by atoms with Crippen molar-refractivity contribution in [3.8, 4) is 0 Å². The summed E-state index contributed by atoms with van der Waals surface area (Å²) in [5, 5.41) is 3.56. The molecule has 0 saturated heterocycles. The number of hydrogen-bond acceptors (Lipinski definition) is 6. The molecule has 0 radical (unpaired) electrons. The molecule has 1 aliphatic carbocycles. The van der Waals surface area contributed by atoms with Gasteiger partial charge in [-0.3, -0.25) is 4.18 Å². The number of ether oxygens (including phenoxy) is 1. The highest BCUT2D eigenvalue weighted by molar-refractivity contribution is 7.86. The number of azide groups is 1. The molecule has 0 aromatic rings. The lowest BCUT2D eigenvalue weighted by molar-refractivity contribution is -0.139. The van der Waals surface area contributed by atoms with Crippen LogP contribution in [0.3, 0.4) is 0 Å². The van der Waals surface area contributed by atoms with Crippen LogP contribution in [0.1, 0.15) is 20.3 Å². The summed E-state index contributed by atoms with van der Waals surface area (Å²) in [7, 11) is -3.67. The van der Waals surface area contributed by atoms with E-state index in [2.05, 4.69) is 10.0 Å². The molecular formula is C11H17N3O5S. The quantitative estimate of drug-likeness (QED) is 0.251. The molecule has 0 N–H and O–H groups in total. The summed E-state index contributed by atoms with van der Waals surface area (Å²) in [4.78, 5) is 14.4. The molecule has 0 bridgehead atoms. The van der Waals surface area contributed by atoms with Crippen molar-refractivity contribution in [1.82, 2.24) is 0 Å². The summed E-state index contributed by atoms with van der Waals surface area (Å²) in [5.41, 5.74) is 8.80. The van der Waals surface area contributed by atoms with Crippen molar-refractivity contribution < 1.29 is 22.1 Å². The Morgan fingerprint density at radius 3 is 2.75 bits per heavy atom. The monoisotopic (exact) mass is 303 g/mol. The predicted molar refractivity (Wildman–Crippen MR) is 71.1 cm³/mol. The van der Waals surface area contributed by atoms with Crippen LogP contribution in [0.25, 0.3) is 10.4 Å². The second-order valence-corrected chi connectivity index (χ2v) is 6.11. The van der Waals surface area contributed by atoms with Gasteiger partial charge in [0.15, 0.2) is 0 Å². The van der Waals surface area contributed by atoms with Crippen LogP contribution >= 0.6 is 0 Å². The lowest BCUT2D eigenvalue weighted by Gasteiger charge is -2.31. The fourth-order valence-electron chi connectivity index (χ4n) is 1.97. The minimum atomic E-state index is -3.67. The Labute approximate surface area is 117 Å². The third-order valence-corrected chi connectivity index (χ3v) is 3.54. The summed E-state index contributed by atoms with van der Waals surface area (Å²) < 4.78 is 32.3. The van der Waals surface area contributed by atoms with E-state index in [9.17, 15) is 13.2 Å². The van der Waals surface area contributed by atoms with Gasteiger partial charge in [0.2, 0.25) is 0 Å². The first-order chi connectivity index (χ1) is 9.28. The Bertz CT molecular complexity index is 550. The van der Waals surface area contributed by atoms with Crippen LogP contribution in [0.4, 0.5) is 0 Å². The SMILES string of the molecule is CCOC(=O)C1=C[C@H](N=[N+]=[N-])[C@@H](C)[C@H](OS(C)(=O)=O)C1. The van der Waals surface area contributed by atoms with Crippen LogP contribution in [0, 0.1) is 5.92 Å². The summed E-state index contributed by atoms with van der Waals surface area (Å²) in [6.07, 6.45) is 1.78. The third kappa shape index (κ3) is 4.52. The van der Waals surface area contributed by atoms with E-state index in [1.54, 1.807) is 13.8 Å². The highest BCUT2D eigenvalue weighted by Gasteiger charge is 2.35. The highest BCUT2D eigenvalue weighted by atomic mass is 32.2. The Kier molecular flexibility index (Phi) is 5.55. The molecule has 0 spiro atoms. The average molecular weight is 303 g/mol. The van der Waals surface area contributed by atoms with Crippen molar-refractivity contribution in [1.29, 1.82) is 0 Å². The van der Waals surface area contributed by atoms with Crippen molar-refractivity contribution in [3.63, 3.8) is 0 Å². The molecule has 20 heavy (non-hydrogen) atoms. The van der Waals surface area contributed by atoms with Gasteiger partial charge in [-0.25, -0.2) is 4.79 Å². The van der Waals surface area contributed by atoms with Gasteiger partial charge in [0, 0.05) is 16.9 Å². The zero-order chi connectivity index (χ0) is 15.3. The van der Waals surface area contributed by atoms with Gasteiger partial charge in [-0.2, -0.15) is 8.42 Å². The van der Waals surface area contributed by atoms with Gasteiger partial charge in [-0.15, -0.1) is 0 Å². The number of rotatable bonds is 5. The first kappa shape index (κ1) is 16.5. The van der Waals surface area contributed by atoms with Crippen molar-refractivity contribution in [2.75, 3.05) is 12.9 Å². The first-order valence-corrected chi connectivity index (χ1v) is 7.90. The van der Waals surface area contributed by atoms with Gasteiger partial charge >= 0.3 is 5.97 Å². The van der Waals surface area contributed by atoms with E-state index in [0.29, 0.717) is 0 Å². The molecule has 0 aromatic carbocycles. The molecule has 0 amide bonds. The standard InChI is InChI=1S/C11H17N3O5S/c1-4-18-11(15)8-5-9(13-14-12)7(2)10(6-8)19-20(3,16)17/h5,7,9-10H,4,6H2,1-3H3/t7-,9+,10-/m1/s1. The molecule has 112 valence electrons. The molecule has 0 heterocycles. The minimum Gasteiger partial charge on any atom is -0.463 e. The van der Waals surface area contributed by atoms with Crippen LogP contribution in [0.5, 0.6) is 0 Å². The van der Waals surface area contributed by atoms with Crippen molar-refractivity contribution in [2.45, 2.75) is 32.4 Å². The summed E-state index contributed by atoms with van der Waals surface area (Å²) in [5.74, 6) is -0.918. The molecule has 9 heteroatoms. The largest absolute Gasteiger partial charge is 0.463 e. The average Bonchev–Trinajstić information content (AvgIpc) is 2.32. The van der Waals surface area contributed by atoms with Crippen molar-refractivity contribution >= 4 is 16.1 Å². The van der Waals surface area contributed by atoms with Crippen LogP contribution < -0.4 is 0 Å². The number of nitrogens with zero attached hydrogens (tertiary/aromatic N) is 3. The normalized spacial score (nSPS) is 26.4. The maximum atomic E-state index is 11.7. The van der Waals surface area contributed by atoms with Gasteiger partial charge in [-0.1, -0.05) is 18.1 Å². The maximum absolute atomic E-state index is 11.7. The lowest BCUT2D eigenvalue weighted by Crippen LogP contribution is -2.36. The molecule has 0 saturated carbocycles. The van der Waals surface area contributed by atoms with E-state index in [1.165, 1.54) is 6.08 Å². The Morgan fingerprint density at radius 2 is 2.25 bits per heavy atom. The van der Waals surface area contributed by atoms with Gasteiger partial charge in [-0.05, 0) is 18.4 Å². The lowest BCUT2D eigenvalue weighted by atomic mass is 9.85. The van der Waals surface area contributed by atoms with Crippen LogP contribution in [0.15, 0.2) is 16.8 Å². The second kappa shape index (κ2) is 6.74. The van der Waals surface area contributed by atoms with Crippen molar-refractivity contribution in [3.05, 3.63) is 22.1 Å². The predicted octanol–water partition coefficient (Wildman–Crippen LogP) is 1.54. The fraction of sp³-hybridized carbons (Fsp3) is 0.727. The molecule has 0 unspecified atom stereocenters. The zero-order valence-corrected chi connectivity index (χ0v) is 12.3. The third-order valence-electron chi connectivity index (χ3n) is 2.94. The molecule has 0 aliphatic heterocycles. The van der Waals surface area contributed by atoms with E-state index >= 15 is 0 Å². The van der Waals surface area contributed by atoms with E-state index in [0.717, 1.165) is 6.26 Å². The Hall–Kier alpha value is -1.57. The van der Waals surface area contributed by atoms with E-state index < -0.39 is 28.2 Å². The molecular weight excluding hydrogens is 286 g/mol. The zero-order valence-electron chi connectivity index (χ0n) is 11.5. The second-order valence-electron chi connectivity index (χ2n) is 4.51. The van der Waals surface area contributed by atoms with E-state index in [1.807, 2.05) is 0 Å². The van der Waals surface area contributed by atoms with Crippen molar-refractivity contribution in [2.24, 2.45) is 11.0 Å². The van der Waals surface area contributed by atoms with Gasteiger partial charge in [0.25, 0.3) is 10.1 Å². The number of hydrogen-bond donors (Lipinski definition) is 0. The smallest absolute Gasteiger partial charge is 0.333 e. The molecule has 1 rings (SSSR count). The fourth-order valence-corrected chi connectivity index (χ4v) is 2.66. The molecule has 0 aromatic heterocycles. The molecule has 3 atom stereocenters. The molecule has 8 nitrogen and oxygen atoms in total. The van der Waals surface area contributed by atoms with E-state index in [4.69, 9.17) is 14.5 Å². The summed E-state index contributed by atoms with van der Waals surface area (Å²) in [6, 6.07) is -0.653. The Balaban J connectivity index is 3.05. The number of carbonyl (C=O) groups is 1. The number of carbonyl (C=O) groups excluding carboxylic acids is 1. The van der Waals surface area contributed by atoms with Crippen LogP contribution in [-0.4, -0.2) is 39.4 Å². The van der Waals surface area contributed by atoms with Crippen LogP contribution in [-0.2, 0) is 23.8 Å². The van der Waals surface area contributed by atoms with Crippen LogP contribution in [0.2, 0.25) is 0 Å². The molecule has 1 aliphatic rings. The first-order valence-electron chi connectivity index (χ1n) is 6.08. The number of esters is 1. The minimum absolute atomic E-state index is 0.102.